The first-order valence-corrected chi connectivity index (χ1v) is 4.80. The zero-order valence-electron chi connectivity index (χ0n) is 10.1. The SMILES string of the molecule is COC(=O)CC(C(=O)OC)S(=O)OC.[Na+].[Na+]. The monoisotopic (exact) mass is 270 g/mol. The van der Waals surface area contributed by atoms with Crippen LogP contribution in [0, 0.1) is 0 Å². The van der Waals surface area contributed by atoms with Crippen LogP contribution in [-0.2, 0) is 34.3 Å². The normalized spacial score (nSPS) is 12.4. The minimum atomic E-state index is -1.89. The van der Waals surface area contributed by atoms with Gasteiger partial charge in [0.2, 0.25) is 0 Å². The molecule has 16 heavy (non-hydrogen) atoms. The minimum absolute atomic E-state index is 0. The van der Waals surface area contributed by atoms with Gasteiger partial charge in [0, 0.05) is 0 Å². The van der Waals surface area contributed by atoms with Crippen molar-refractivity contribution < 1.29 is 86.6 Å². The molecule has 0 aliphatic carbocycles. The Hall–Kier alpha value is 1.05. The summed E-state index contributed by atoms with van der Waals surface area (Å²) in [5.74, 6) is -1.42. The second-order valence-electron chi connectivity index (χ2n) is 2.22. The van der Waals surface area contributed by atoms with Crippen LogP contribution in [0.5, 0.6) is 0 Å². The third-order valence-electron chi connectivity index (χ3n) is 1.44. The molecular weight excluding hydrogens is 258 g/mol. The first-order chi connectivity index (χ1) is 6.56. The van der Waals surface area contributed by atoms with Crippen molar-refractivity contribution >= 4 is 23.0 Å². The van der Waals surface area contributed by atoms with E-state index in [0.29, 0.717) is 0 Å². The third kappa shape index (κ3) is 8.19. The van der Waals surface area contributed by atoms with Gasteiger partial charge in [-0.3, -0.25) is 13.8 Å². The molecule has 0 aliphatic heterocycles. The van der Waals surface area contributed by atoms with Gasteiger partial charge >= 0.3 is 71.1 Å². The van der Waals surface area contributed by atoms with Gasteiger partial charge in [-0.25, -0.2) is 4.21 Å². The number of hydrogen-bond acceptors (Lipinski definition) is 6. The maximum Gasteiger partial charge on any atom is 1.00 e. The zero-order valence-corrected chi connectivity index (χ0v) is 15.0. The summed E-state index contributed by atoms with van der Waals surface area (Å²) in [6.07, 6.45) is -0.330. The van der Waals surface area contributed by atoms with E-state index in [1.807, 2.05) is 0 Å². The molecule has 6 nitrogen and oxygen atoms in total. The van der Waals surface area contributed by atoms with Crippen molar-refractivity contribution in [2.45, 2.75) is 11.7 Å². The standard InChI is InChI=1S/C7H12O6S.2Na/c1-11-6(8)4-5(7(9)12-2)14(10)13-3;;/h5H,4H2,1-3H3;;/q;2*+1. The largest absolute Gasteiger partial charge is 1.00 e. The molecule has 0 radical (unpaired) electrons. The van der Waals surface area contributed by atoms with Crippen LogP contribution in [0.25, 0.3) is 0 Å². The Morgan fingerprint density at radius 1 is 1.12 bits per heavy atom. The van der Waals surface area contributed by atoms with Crippen molar-refractivity contribution in [3.63, 3.8) is 0 Å². The summed E-state index contributed by atoms with van der Waals surface area (Å²) in [6, 6.07) is 0. The van der Waals surface area contributed by atoms with Gasteiger partial charge in [0.15, 0.2) is 16.3 Å². The van der Waals surface area contributed by atoms with E-state index in [2.05, 4.69) is 13.7 Å². The number of esters is 2. The van der Waals surface area contributed by atoms with E-state index in [4.69, 9.17) is 0 Å². The van der Waals surface area contributed by atoms with Gasteiger partial charge in [-0.05, 0) is 0 Å². The number of carbonyl (C=O) groups is 2. The summed E-state index contributed by atoms with van der Waals surface area (Å²) in [6.45, 7) is 0. The summed E-state index contributed by atoms with van der Waals surface area (Å²) in [7, 11) is 3.48. The molecule has 2 unspecified atom stereocenters. The Morgan fingerprint density at radius 3 is 1.94 bits per heavy atom. The van der Waals surface area contributed by atoms with Crippen LogP contribution >= 0.6 is 0 Å². The van der Waals surface area contributed by atoms with E-state index >= 15 is 0 Å². The predicted molar refractivity (Wildman–Crippen MR) is 47.6 cm³/mol. The fraction of sp³-hybridized carbons (Fsp3) is 0.714. The molecule has 0 aromatic rings. The molecule has 0 saturated heterocycles. The van der Waals surface area contributed by atoms with Gasteiger partial charge < -0.3 is 9.47 Å². The summed E-state index contributed by atoms with van der Waals surface area (Å²) >= 11 is -1.89. The van der Waals surface area contributed by atoms with Crippen molar-refractivity contribution in [3.05, 3.63) is 0 Å². The van der Waals surface area contributed by atoms with Gasteiger partial charge in [-0.1, -0.05) is 0 Å². The molecule has 0 N–H and O–H groups in total. The van der Waals surface area contributed by atoms with E-state index in [1.54, 1.807) is 0 Å². The number of ether oxygens (including phenoxy) is 2. The molecule has 0 heterocycles. The van der Waals surface area contributed by atoms with Crippen molar-refractivity contribution in [1.82, 2.24) is 0 Å². The fourth-order valence-electron chi connectivity index (χ4n) is 0.712. The maximum atomic E-state index is 11.1. The zero-order chi connectivity index (χ0) is 11.1. The molecule has 0 rings (SSSR count). The Morgan fingerprint density at radius 2 is 1.62 bits per heavy atom. The van der Waals surface area contributed by atoms with Crippen LogP contribution in [0.4, 0.5) is 0 Å². The molecule has 0 aliphatic rings. The quantitative estimate of drug-likeness (QED) is 0.365. The van der Waals surface area contributed by atoms with Crippen LogP contribution in [0.1, 0.15) is 6.42 Å². The van der Waals surface area contributed by atoms with Crippen LogP contribution in [0.3, 0.4) is 0 Å². The molecule has 82 valence electrons. The summed E-state index contributed by atoms with van der Waals surface area (Å²) in [5.41, 5.74) is 0. The smallest absolute Gasteiger partial charge is 0.469 e. The number of hydrogen-bond donors (Lipinski definition) is 0. The number of rotatable bonds is 5. The van der Waals surface area contributed by atoms with E-state index in [1.165, 1.54) is 14.2 Å². The first kappa shape index (κ1) is 22.2. The molecule has 0 amide bonds. The second-order valence-corrected chi connectivity index (χ2v) is 3.64. The Bertz CT molecular complexity index is 231. The topological polar surface area (TPSA) is 78.9 Å². The molecule has 0 aromatic carbocycles. The summed E-state index contributed by atoms with van der Waals surface area (Å²) in [4.78, 5) is 21.9. The van der Waals surface area contributed by atoms with Crippen molar-refractivity contribution in [2.24, 2.45) is 0 Å². The Balaban J connectivity index is -0.000000845. The molecule has 0 bridgehead atoms. The number of methoxy groups -OCH3 is 2. The second kappa shape index (κ2) is 12.5. The van der Waals surface area contributed by atoms with Crippen molar-refractivity contribution in [2.75, 3.05) is 21.3 Å². The molecule has 0 saturated carbocycles. The van der Waals surface area contributed by atoms with E-state index in [-0.39, 0.29) is 65.5 Å². The third-order valence-corrected chi connectivity index (χ3v) is 2.59. The fourth-order valence-corrected chi connectivity index (χ4v) is 1.47. The van der Waals surface area contributed by atoms with E-state index in [0.717, 1.165) is 7.11 Å². The minimum Gasteiger partial charge on any atom is -0.469 e. The molecule has 2 atom stereocenters. The first-order valence-electron chi connectivity index (χ1n) is 3.66. The average Bonchev–Trinajstić information content (AvgIpc) is 2.23. The van der Waals surface area contributed by atoms with Gasteiger partial charge in [0.1, 0.15) is 0 Å². The van der Waals surface area contributed by atoms with Crippen LogP contribution in [0.2, 0.25) is 0 Å². The summed E-state index contributed by atoms with van der Waals surface area (Å²) in [5, 5.41) is -1.14. The van der Waals surface area contributed by atoms with Gasteiger partial charge in [0.05, 0.1) is 27.8 Å². The predicted octanol–water partition coefficient (Wildman–Crippen LogP) is -6.59. The molecule has 9 heteroatoms. The van der Waals surface area contributed by atoms with Crippen LogP contribution in [-0.4, -0.2) is 42.7 Å². The molecule has 0 spiro atoms. The maximum absolute atomic E-state index is 11.1. The molecule has 0 fully saturated rings. The van der Waals surface area contributed by atoms with Crippen molar-refractivity contribution in [1.29, 1.82) is 0 Å². The molecule has 0 aromatic heterocycles. The van der Waals surface area contributed by atoms with Gasteiger partial charge in [-0.15, -0.1) is 0 Å². The molecular formula is C7H12Na2O6S+2. The van der Waals surface area contributed by atoms with Crippen molar-refractivity contribution in [3.8, 4) is 0 Å². The van der Waals surface area contributed by atoms with Crippen LogP contribution in [0.15, 0.2) is 0 Å². The average molecular weight is 270 g/mol. The van der Waals surface area contributed by atoms with Gasteiger partial charge in [0.25, 0.3) is 0 Å². The van der Waals surface area contributed by atoms with Gasteiger partial charge in [-0.2, -0.15) is 0 Å². The Kier molecular flexibility index (Phi) is 17.4. The number of carbonyl (C=O) groups excluding carboxylic acids is 2. The van der Waals surface area contributed by atoms with E-state index < -0.39 is 28.3 Å². The summed E-state index contributed by atoms with van der Waals surface area (Å²) < 4.78 is 24.3. The van der Waals surface area contributed by atoms with Crippen LogP contribution < -0.4 is 59.1 Å². The Labute approximate surface area is 141 Å². The van der Waals surface area contributed by atoms with E-state index in [9.17, 15) is 13.8 Å².